The fraction of sp³-hybridized carbons (Fsp3) is 0.929. The summed E-state index contributed by atoms with van der Waals surface area (Å²) >= 11 is 0. The lowest BCUT2D eigenvalue weighted by atomic mass is 9.97. The second-order valence-corrected chi connectivity index (χ2v) is 4.88. The summed E-state index contributed by atoms with van der Waals surface area (Å²) in [4.78, 5) is 0. The first-order chi connectivity index (χ1) is 9.79. The number of hydrogen-bond donors (Lipinski definition) is 1. The van der Waals surface area contributed by atoms with E-state index in [2.05, 4.69) is 11.4 Å². The molecule has 1 unspecified atom stereocenters. The van der Waals surface area contributed by atoms with Crippen molar-refractivity contribution in [3.8, 4) is 6.07 Å². The van der Waals surface area contributed by atoms with Crippen LogP contribution in [-0.2, 0) is 18.9 Å². The Hall–Kier alpha value is -0.710. The molecule has 1 saturated carbocycles. The molecule has 0 amide bonds. The summed E-state index contributed by atoms with van der Waals surface area (Å²) in [5.41, 5.74) is -0.525. The maximum absolute atomic E-state index is 9.28. The van der Waals surface area contributed by atoms with Crippen molar-refractivity contribution < 1.29 is 18.9 Å². The van der Waals surface area contributed by atoms with Crippen LogP contribution in [0.25, 0.3) is 0 Å². The molecule has 0 bridgehead atoms. The van der Waals surface area contributed by atoms with E-state index >= 15 is 0 Å². The van der Waals surface area contributed by atoms with Crippen LogP contribution in [0.1, 0.15) is 12.8 Å². The molecule has 6 nitrogen and oxygen atoms in total. The fourth-order valence-electron chi connectivity index (χ4n) is 1.96. The first kappa shape index (κ1) is 17.3. The minimum atomic E-state index is -0.525. The number of nitrogens with one attached hydrogen (secondary N) is 1. The van der Waals surface area contributed by atoms with Gasteiger partial charge >= 0.3 is 0 Å². The molecule has 1 aliphatic carbocycles. The van der Waals surface area contributed by atoms with E-state index in [-0.39, 0.29) is 0 Å². The third kappa shape index (κ3) is 6.16. The van der Waals surface area contributed by atoms with Gasteiger partial charge in [0.15, 0.2) is 0 Å². The average molecular weight is 286 g/mol. The zero-order chi connectivity index (χ0) is 14.7. The van der Waals surface area contributed by atoms with Gasteiger partial charge in [0.25, 0.3) is 0 Å². The van der Waals surface area contributed by atoms with Crippen LogP contribution in [0.4, 0.5) is 0 Å². The summed E-state index contributed by atoms with van der Waals surface area (Å²) in [6, 6.07) is 2.35. The molecule has 0 radical (unpaired) electrons. The molecule has 1 aliphatic rings. The molecular formula is C14H26N2O4. The van der Waals surface area contributed by atoms with Crippen molar-refractivity contribution in [1.82, 2.24) is 5.32 Å². The summed E-state index contributed by atoms with van der Waals surface area (Å²) in [6.45, 7) is 3.72. The van der Waals surface area contributed by atoms with E-state index in [1.54, 1.807) is 7.11 Å². The van der Waals surface area contributed by atoms with Crippen LogP contribution >= 0.6 is 0 Å². The van der Waals surface area contributed by atoms with Gasteiger partial charge in [0.2, 0.25) is 0 Å². The summed E-state index contributed by atoms with van der Waals surface area (Å²) < 4.78 is 21.1. The van der Waals surface area contributed by atoms with E-state index in [4.69, 9.17) is 18.9 Å². The predicted molar refractivity (Wildman–Crippen MR) is 74.5 cm³/mol. The standard InChI is InChI=1S/C14H26N2O4/c1-16-14(11-15,13-3-4-13)12-20-10-9-19-8-7-18-6-5-17-2/h13,16H,3-10,12H2,1-2H3. The minimum absolute atomic E-state index is 0.415. The lowest BCUT2D eigenvalue weighted by Crippen LogP contribution is -2.48. The lowest BCUT2D eigenvalue weighted by molar-refractivity contribution is -0.00383. The van der Waals surface area contributed by atoms with Gasteiger partial charge in [-0.1, -0.05) is 0 Å². The number of nitrogens with zero attached hydrogens (tertiary/aromatic N) is 1. The largest absolute Gasteiger partial charge is 0.382 e. The molecule has 1 atom stereocenters. The number of ether oxygens (including phenoxy) is 4. The molecule has 20 heavy (non-hydrogen) atoms. The number of methoxy groups -OCH3 is 1. The maximum Gasteiger partial charge on any atom is 0.132 e. The highest BCUT2D eigenvalue weighted by Crippen LogP contribution is 2.39. The monoisotopic (exact) mass is 286 g/mol. The lowest BCUT2D eigenvalue weighted by Gasteiger charge is -2.25. The summed E-state index contributed by atoms with van der Waals surface area (Å²) in [6.07, 6.45) is 2.21. The Morgan fingerprint density at radius 1 is 1.05 bits per heavy atom. The molecule has 0 heterocycles. The fourth-order valence-corrected chi connectivity index (χ4v) is 1.96. The normalized spacial score (nSPS) is 17.6. The second-order valence-electron chi connectivity index (χ2n) is 4.88. The molecule has 0 aliphatic heterocycles. The molecule has 116 valence electrons. The first-order valence-electron chi connectivity index (χ1n) is 7.11. The molecule has 0 saturated heterocycles. The van der Waals surface area contributed by atoms with Crippen LogP contribution in [0.2, 0.25) is 0 Å². The van der Waals surface area contributed by atoms with Crippen LogP contribution < -0.4 is 5.32 Å². The average Bonchev–Trinajstić information content (AvgIpc) is 3.31. The zero-order valence-electron chi connectivity index (χ0n) is 12.5. The quantitative estimate of drug-likeness (QED) is 0.499. The van der Waals surface area contributed by atoms with E-state index in [1.165, 1.54) is 0 Å². The van der Waals surface area contributed by atoms with Crippen LogP contribution in [-0.4, -0.2) is 65.9 Å². The van der Waals surface area contributed by atoms with Gasteiger partial charge in [-0.25, -0.2) is 0 Å². The molecule has 0 spiro atoms. The Morgan fingerprint density at radius 3 is 2.05 bits per heavy atom. The van der Waals surface area contributed by atoms with Crippen molar-refractivity contribution in [2.75, 3.05) is 60.4 Å². The molecule has 0 aromatic heterocycles. The van der Waals surface area contributed by atoms with E-state index in [0.717, 1.165) is 12.8 Å². The maximum atomic E-state index is 9.28. The third-order valence-corrected chi connectivity index (χ3v) is 3.43. The summed E-state index contributed by atoms with van der Waals surface area (Å²) in [7, 11) is 3.46. The minimum Gasteiger partial charge on any atom is -0.382 e. The van der Waals surface area contributed by atoms with Gasteiger partial charge in [0.1, 0.15) is 5.54 Å². The van der Waals surface area contributed by atoms with Gasteiger partial charge in [-0.2, -0.15) is 5.26 Å². The third-order valence-electron chi connectivity index (χ3n) is 3.43. The molecule has 1 rings (SSSR count). The molecule has 6 heteroatoms. The van der Waals surface area contributed by atoms with Gasteiger partial charge in [0, 0.05) is 7.11 Å². The van der Waals surface area contributed by atoms with Crippen LogP contribution in [0.15, 0.2) is 0 Å². The van der Waals surface area contributed by atoms with Gasteiger partial charge in [-0.15, -0.1) is 0 Å². The van der Waals surface area contributed by atoms with E-state index in [1.807, 2.05) is 7.05 Å². The van der Waals surface area contributed by atoms with Crippen molar-refractivity contribution in [3.63, 3.8) is 0 Å². The van der Waals surface area contributed by atoms with E-state index in [0.29, 0.717) is 52.2 Å². The highest BCUT2D eigenvalue weighted by Gasteiger charge is 2.44. The van der Waals surface area contributed by atoms with Crippen molar-refractivity contribution in [3.05, 3.63) is 0 Å². The van der Waals surface area contributed by atoms with E-state index in [9.17, 15) is 5.26 Å². The topological polar surface area (TPSA) is 72.7 Å². The summed E-state index contributed by atoms with van der Waals surface area (Å²) in [5, 5.41) is 12.4. The second kappa shape index (κ2) is 10.1. The predicted octanol–water partition coefficient (Wildman–Crippen LogP) is 0.574. The number of rotatable bonds is 13. The summed E-state index contributed by atoms with van der Waals surface area (Å²) in [5.74, 6) is 0.424. The van der Waals surface area contributed by atoms with Crippen molar-refractivity contribution in [2.45, 2.75) is 18.4 Å². The van der Waals surface area contributed by atoms with Crippen LogP contribution in [0.5, 0.6) is 0 Å². The Labute approximate surface area is 121 Å². The smallest absolute Gasteiger partial charge is 0.132 e. The van der Waals surface area contributed by atoms with Crippen molar-refractivity contribution in [1.29, 1.82) is 5.26 Å². The molecule has 1 N–H and O–H groups in total. The van der Waals surface area contributed by atoms with Gasteiger partial charge in [-0.3, -0.25) is 0 Å². The Kier molecular flexibility index (Phi) is 8.74. The molecule has 0 aromatic carbocycles. The van der Waals surface area contributed by atoms with Crippen molar-refractivity contribution in [2.24, 2.45) is 5.92 Å². The van der Waals surface area contributed by atoms with Gasteiger partial charge in [0.05, 0.1) is 52.3 Å². The van der Waals surface area contributed by atoms with Crippen LogP contribution in [0.3, 0.4) is 0 Å². The number of hydrogen-bond acceptors (Lipinski definition) is 6. The Bertz CT molecular complexity index is 291. The Balaban J connectivity index is 1.95. The zero-order valence-corrected chi connectivity index (χ0v) is 12.5. The highest BCUT2D eigenvalue weighted by molar-refractivity contribution is 5.14. The number of nitriles is 1. The number of likely N-dealkylation sites (N-methyl/N-ethyl adjacent to an activating group) is 1. The van der Waals surface area contributed by atoms with Gasteiger partial charge < -0.3 is 24.3 Å². The highest BCUT2D eigenvalue weighted by atomic mass is 16.6. The van der Waals surface area contributed by atoms with Crippen molar-refractivity contribution >= 4 is 0 Å². The SMILES string of the molecule is CNC(C#N)(COCCOCCOCCOC)C1CC1. The first-order valence-corrected chi connectivity index (χ1v) is 7.11. The molecule has 1 fully saturated rings. The Morgan fingerprint density at radius 2 is 1.60 bits per heavy atom. The van der Waals surface area contributed by atoms with Crippen LogP contribution in [0, 0.1) is 17.2 Å². The van der Waals surface area contributed by atoms with E-state index < -0.39 is 5.54 Å². The molecule has 0 aromatic rings. The van der Waals surface area contributed by atoms with Gasteiger partial charge in [-0.05, 0) is 25.8 Å². The molecular weight excluding hydrogens is 260 g/mol.